The molecule has 7 heteroatoms. The lowest BCUT2D eigenvalue weighted by Crippen LogP contribution is -2.36. The minimum Gasteiger partial charge on any atom is -0.493 e. The number of benzene rings is 1. The number of ketones is 1. The summed E-state index contributed by atoms with van der Waals surface area (Å²) in [5.74, 6) is 0.821. The number of hydrogen-bond donors (Lipinski definition) is 1. The molecule has 168 valence electrons. The van der Waals surface area contributed by atoms with Gasteiger partial charge in [-0.05, 0) is 50.1 Å². The Kier molecular flexibility index (Phi) is 6.08. The maximum absolute atomic E-state index is 13.5. The van der Waals surface area contributed by atoms with Crippen LogP contribution in [0.25, 0.3) is 0 Å². The number of carbonyl (C=O) groups excluding carboxylic acids is 2. The fourth-order valence-electron chi connectivity index (χ4n) is 4.61. The van der Waals surface area contributed by atoms with Crippen LogP contribution in [0.1, 0.15) is 49.8 Å². The molecule has 0 saturated heterocycles. The van der Waals surface area contributed by atoms with E-state index in [0.29, 0.717) is 41.2 Å². The standard InChI is InChI=1S/C25H27NO6/c1-5-31-25(28)22-14(2)26-17-11-16(19-7-6-10-32-19)12-18(27)24(17)23(22)15-8-9-20(29-3)21(13-15)30-4/h6-10,13,16,23,26H,5,11-12H2,1-4H3/t16-,23+/m0/s1. The number of dihydropyridines is 1. The second-order valence-electron chi connectivity index (χ2n) is 7.87. The van der Waals surface area contributed by atoms with Gasteiger partial charge in [-0.1, -0.05) is 6.07 Å². The van der Waals surface area contributed by atoms with Crippen LogP contribution >= 0.6 is 0 Å². The second kappa shape index (κ2) is 8.94. The van der Waals surface area contributed by atoms with Crippen molar-refractivity contribution in [3.8, 4) is 11.5 Å². The minimum atomic E-state index is -0.560. The molecule has 0 saturated carbocycles. The molecule has 2 aromatic rings. The molecule has 0 unspecified atom stereocenters. The van der Waals surface area contributed by atoms with Crippen LogP contribution in [0.15, 0.2) is 63.6 Å². The average molecular weight is 437 g/mol. The number of esters is 1. The highest BCUT2D eigenvalue weighted by Crippen LogP contribution is 2.47. The van der Waals surface area contributed by atoms with Gasteiger partial charge in [0.25, 0.3) is 0 Å². The lowest BCUT2D eigenvalue weighted by atomic mass is 9.72. The van der Waals surface area contributed by atoms with Gasteiger partial charge in [0.05, 0.1) is 32.7 Å². The molecule has 1 aliphatic carbocycles. The molecule has 2 heterocycles. The van der Waals surface area contributed by atoms with E-state index in [4.69, 9.17) is 18.6 Å². The lowest BCUT2D eigenvalue weighted by molar-refractivity contribution is -0.138. The highest BCUT2D eigenvalue weighted by atomic mass is 16.5. The lowest BCUT2D eigenvalue weighted by Gasteiger charge is -2.36. The number of rotatable bonds is 6. The summed E-state index contributed by atoms with van der Waals surface area (Å²) in [6, 6.07) is 9.19. The van der Waals surface area contributed by atoms with Crippen LogP contribution in [-0.2, 0) is 14.3 Å². The fourth-order valence-corrected chi connectivity index (χ4v) is 4.61. The predicted octanol–water partition coefficient (Wildman–Crippen LogP) is 4.22. The maximum Gasteiger partial charge on any atom is 0.336 e. The van der Waals surface area contributed by atoms with E-state index in [2.05, 4.69) is 5.32 Å². The van der Waals surface area contributed by atoms with Crippen molar-refractivity contribution in [3.05, 3.63) is 70.5 Å². The largest absolute Gasteiger partial charge is 0.493 e. The van der Waals surface area contributed by atoms with Gasteiger partial charge in [-0.25, -0.2) is 4.79 Å². The second-order valence-corrected chi connectivity index (χ2v) is 7.87. The van der Waals surface area contributed by atoms with Crippen molar-refractivity contribution in [2.45, 2.75) is 38.5 Å². The first kappa shape index (κ1) is 21.7. The van der Waals surface area contributed by atoms with E-state index in [0.717, 1.165) is 17.0 Å². The molecule has 1 N–H and O–H groups in total. The van der Waals surface area contributed by atoms with E-state index < -0.39 is 11.9 Å². The maximum atomic E-state index is 13.5. The number of hydrogen-bond acceptors (Lipinski definition) is 7. The zero-order valence-electron chi connectivity index (χ0n) is 18.7. The molecule has 2 atom stereocenters. The molecular formula is C25H27NO6. The average Bonchev–Trinajstić information content (AvgIpc) is 3.32. The number of carbonyl (C=O) groups is 2. The molecule has 32 heavy (non-hydrogen) atoms. The molecule has 0 radical (unpaired) electrons. The summed E-state index contributed by atoms with van der Waals surface area (Å²) in [4.78, 5) is 26.4. The molecule has 1 aliphatic heterocycles. The third-order valence-electron chi connectivity index (χ3n) is 6.01. The van der Waals surface area contributed by atoms with Gasteiger partial charge in [-0.3, -0.25) is 4.79 Å². The van der Waals surface area contributed by atoms with E-state index in [9.17, 15) is 9.59 Å². The summed E-state index contributed by atoms with van der Waals surface area (Å²) in [5.41, 5.74) is 3.28. The molecular weight excluding hydrogens is 410 g/mol. The Hall–Kier alpha value is -3.48. The van der Waals surface area contributed by atoms with Gasteiger partial charge >= 0.3 is 5.97 Å². The van der Waals surface area contributed by atoms with Crippen LogP contribution in [0.3, 0.4) is 0 Å². The Labute approximate surface area is 187 Å². The van der Waals surface area contributed by atoms with Crippen molar-refractivity contribution in [1.29, 1.82) is 0 Å². The third-order valence-corrected chi connectivity index (χ3v) is 6.01. The van der Waals surface area contributed by atoms with Crippen LogP contribution in [0.2, 0.25) is 0 Å². The zero-order valence-corrected chi connectivity index (χ0v) is 18.7. The summed E-state index contributed by atoms with van der Waals surface area (Å²) in [7, 11) is 3.12. The SMILES string of the molecule is CCOC(=O)C1=C(C)NC2=C(C(=O)C[C@@H](c3ccco3)C2)[C@@H]1c1ccc(OC)c(OC)c1. The van der Waals surface area contributed by atoms with Crippen LogP contribution in [0, 0.1) is 0 Å². The minimum absolute atomic E-state index is 0.0192. The molecule has 0 fully saturated rings. The van der Waals surface area contributed by atoms with Crippen molar-refractivity contribution in [2.24, 2.45) is 0 Å². The normalized spacial score (nSPS) is 20.6. The van der Waals surface area contributed by atoms with Crippen LogP contribution in [0.4, 0.5) is 0 Å². The zero-order chi connectivity index (χ0) is 22.8. The molecule has 0 spiro atoms. The van der Waals surface area contributed by atoms with E-state index in [1.807, 2.05) is 31.2 Å². The monoisotopic (exact) mass is 437 g/mol. The van der Waals surface area contributed by atoms with Crippen LogP contribution in [-0.4, -0.2) is 32.6 Å². The van der Waals surface area contributed by atoms with E-state index in [1.54, 1.807) is 33.5 Å². The van der Waals surface area contributed by atoms with Gasteiger partial charge < -0.3 is 23.9 Å². The molecule has 1 aromatic carbocycles. The summed E-state index contributed by atoms with van der Waals surface area (Å²) < 4.78 is 21.8. The summed E-state index contributed by atoms with van der Waals surface area (Å²) in [6.45, 7) is 3.85. The first-order valence-corrected chi connectivity index (χ1v) is 10.6. The number of Topliss-reactive ketones (excluding diaryl/α,β-unsaturated/α-hetero) is 1. The molecule has 0 amide bonds. The summed E-state index contributed by atoms with van der Waals surface area (Å²) >= 11 is 0. The highest BCUT2D eigenvalue weighted by molar-refractivity contribution is 6.04. The van der Waals surface area contributed by atoms with Crippen molar-refractivity contribution in [1.82, 2.24) is 5.32 Å². The third kappa shape index (κ3) is 3.79. The number of ether oxygens (including phenoxy) is 3. The number of nitrogens with one attached hydrogen (secondary N) is 1. The van der Waals surface area contributed by atoms with Gasteiger partial charge in [0.1, 0.15) is 5.76 Å². The Morgan fingerprint density at radius 3 is 2.59 bits per heavy atom. The number of methoxy groups -OCH3 is 2. The molecule has 7 nitrogen and oxygen atoms in total. The Morgan fingerprint density at radius 2 is 1.94 bits per heavy atom. The van der Waals surface area contributed by atoms with Gasteiger partial charge in [0, 0.05) is 35.2 Å². The molecule has 1 aromatic heterocycles. The van der Waals surface area contributed by atoms with Crippen molar-refractivity contribution in [2.75, 3.05) is 20.8 Å². The highest BCUT2D eigenvalue weighted by Gasteiger charge is 2.42. The smallest absolute Gasteiger partial charge is 0.336 e. The molecule has 2 aliphatic rings. The summed E-state index contributed by atoms with van der Waals surface area (Å²) in [6.07, 6.45) is 2.55. The predicted molar refractivity (Wildman–Crippen MR) is 117 cm³/mol. The molecule has 4 rings (SSSR count). The van der Waals surface area contributed by atoms with Gasteiger partial charge in [-0.15, -0.1) is 0 Å². The van der Waals surface area contributed by atoms with E-state index in [-0.39, 0.29) is 18.3 Å². The van der Waals surface area contributed by atoms with Gasteiger partial charge in [-0.2, -0.15) is 0 Å². The van der Waals surface area contributed by atoms with Gasteiger partial charge in [0.2, 0.25) is 0 Å². The first-order valence-electron chi connectivity index (χ1n) is 10.6. The summed E-state index contributed by atoms with van der Waals surface area (Å²) in [5, 5.41) is 3.32. The van der Waals surface area contributed by atoms with Crippen molar-refractivity contribution >= 4 is 11.8 Å². The van der Waals surface area contributed by atoms with Gasteiger partial charge in [0.15, 0.2) is 17.3 Å². The van der Waals surface area contributed by atoms with Crippen molar-refractivity contribution < 1.29 is 28.2 Å². The number of furan rings is 1. The van der Waals surface area contributed by atoms with Crippen molar-refractivity contribution in [3.63, 3.8) is 0 Å². The fraction of sp³-hybridized carbons (Fsp3) is 0.360. The topological polar surface area (TPSA) is 87.0 Å². The van der Waals surface area contributed by atoms with E-state index >= 15 is 0 Å². The Balaban J connectivity index is 1.84. The Bertz CT molecular complexity index is 1100. The van der Waals surface area contributed by atoms with Crippen LogP contribution < -0.4 is 14.8 Å². The quantitative estimate of drug-likeness (QED) is 0.677. The Morgan fingerprint density at radius 1 is 1.16 bits per heavy atom. The van der Waals surface area contributed by atoms with Crippen LogP contribution in [0.5, 0.6) is 11.5 Å². The number of allylic oxidation sites excluding steroid dienone is 3. The van der Waals surface area contributed by atoms with E-state index in [1.165, 1.54) is 0 Å². The first-order chi connectivity index (χ1) is 15.5. The molecule has 0 bridgehead atoms.